The average molecular weight is 512 g/mol. The van der Waals surface area contributed by atoms with Crippen LogP contribution in [0, 0.1) is 42.2 Å². The molecule has 0 saturated carbocycles. The zero-order chi connectivity index (χ0) is 26.7. The fraction of sp³-hybridized carbons (Fsp3) is 0.276. The molecule has 6 rings (SSSR count). The molecule has 2 N–H and O–H groups in total. The van der Waals surface area contributed by atoms with E-state index in [0.29, 0.717) is 47.5 Å². The molecule has 0 amide bonds. The Morgan fingerprint density at radius 2 is 1.84 bits per heavy atom. The fourth-order valence-electron chi connectivity index (χ4n) is 5.85. The summed E-state index contributed by atoms with van der Waals surface area (Å²) in [6, 6.07) is 8.03. The Kier molecular flexibility index (Phi) is 5.55. The van der Waals surface area contributed by atoms with Crippen LogP contribution in [0.2, 0.25) is 0 Å². The summed E-state index contributed by atoms with van der Waals surface area (Å²) in [5.41, 5.74) is 0.210. The monoisotopic (exact) mass is 511 g/mol. The van der Waals surface area contributed by atoms with Crippen molar-refractivity contribution in [2.45, 2.75) is 31.8 Å². The number of benzene rings is 2. The smallest absolute Gasteiger partial charge is 0.225 e. The number of phenolic OH excluding ortho intramolecular Hbond substituents is 1. The van der Waals surface area contributed by atoms with Gasteiger partial charge >= 0.3 is 0 Å². The minimum absolute atomic E-state index is 0.0119. The molecule has 2 aliphatic heterocycles. The SMILES string of the molecule is C#Cc1c(F)ccc2cc(O)cc(-c3nc(OC)c4c(N5CC6CCC(C5)N6)nc(C)c(C#N)c4c3F)c12. The Hall–Kier alpha value is -4.47. The Morgan fingerprint density at radius 1 is 1.11 bits per heavy atom. The minimum Gasteiger partial charge on any atom is -0.508 e. The van der Waals surface area contributed by atoms with Crippen molar-refractivity contribution in [3.8, 4) is 41.3 Å². The van der Waals surface area contributed by atoms with Crippen molar-refractivity contribution in [3.05, 3.63) is 52.7 Å². The molecule has 7 nitrogen and oxygen atoms in total. The molecule has 2 aromatic heterocycles. The highest BCUT2D eigenvalue weighted by atomic mass is 19.1. The number of anilines is 1. The third-order valence-corrected chi connectivity index (χ3v) is 7.49. The fourth-order valence-corrected chi connectivity index (χ4v) is 5.85. The maximum Gasteiger partial charge on any atom is 0.225 e. The largest absolute Gasteiger partial charge is 0.508 e. The van der Waals surface area contributed by atoms with Crippen LogP contribution in [0.3, 0.4) is 0 Å². The van der Waals surface area contributed by atoms with Crippen LogP contribution in [0.1, 0.15) is 29.7 Å². The van der Waals surface area contributed by atoms with E-state index < -0.39 is 11.6 Å². The average Bonchev–Trinajstić information content (AvgIpc) is 3.25. The normalized spacial score (nSPS) is 18.5. The van der Waals surface area contributed by atoms with Crippen molar-refractivity contribution in [1.82, 2.24) is 15.3 Å². The molecule has 0 radical (unpaired) electrons. The van der Waals surface area contributed by atoms with E-state index in [1.807, 2.05) is 0 Å². The van der Waals surface area contributed by atoms with Gasteiger partial charge in [-0.1, -0.05) is 12.0 Å². The Morgan fingerprint density at radius 3 is 2.50 bits per heavy atom. The Balaban J connectivity index is 1.71. The molecule has 4 heterocycles. The van der Waals surface area contributed by atoms with Crippen molar-refractivity contribution in [3.63, 3.8) is 0 Å². The van der Waals surface area contributed by atoms with E-state index in [1.54, 1.807) is 6.92 Å². The van der Waals surface area contributed by atoms with E-state index in [2.05, 4.69) is 27.2 Å². The molecule has 4 aromatic rings. The molecule has 2 aromatic carbocycles. The molecule has 0 aliphatic carbocycles. The quantitative estimate of drug-likeness (QED) is 0.390. The highest BCUT2D eigenvalue weighted by Crippen LogP contribution is 2.43. The number of phenols is 1. The van der Waals surface area contributed by atoms with E-state index in [1.165, 1.54) is 31.4 Å². The second-order valence-electron chi connectivity index (χ2n) is 9.74. The predicted molar refractivity (Wildman–Crippen MR) is 140 cm³/mol. The highest BCUT2D eigenvalue weighted by Gasteiger charge is 2.35. The molecule has 2 fully saturated rings. The van der Waals surface area contributed by atoms with Crippen molar-refractivity contribution < 1.29 is 18.6 Å². The van der Waals surface area contributed by atoms with Crippen molar-refractivity contribution in [2.24, 2.45) is 0 Å². The highest BCUT2D eigenvalue weighted by molar-refractivity contribution is 6.06. The molecule has 2 atom stereocenters. The number of fused-ring (bicyclic) bond motifs is 4. The summed E-state index contributed by atoms with van der Waals surface area (Å²) in [6.45, 7) is 3.02. The first-order valence-electron chi connectivity index (χ1n) is 12.3. The second-order valence-corrected chi connectivity index (χ2v) is 9.74. The van der Waals surface area contributed by atoms with Gasteiger partial charge in [0.2, 0.25) is 5.88 Å². The number of halogens is 2. The number of nitriles is 1. The van der Waals surface area contributed by atoms with Gasteiger partial charge in [-0.25, -0.2) is 18.7 Å². The van der Waals surface area contributed by atoms with Crippen LogP contribution < -0.4 is 15.0 Å². The lowest BCUT2D eigenvalue weighted by atomic mass is 9.94. The van der Waals surface area contributed by atoms with Crippen LogP contribution in [0.5, 0.6) is 11.6 Å². The van der Waals surface area contributed by atoms with E-state index in [0.717, 1.165) is 12.8 Å². The summed E-state index contributed by atoms with van der Waals surface area (Å²) < 4.78 is 37.0. The number of nitrogens with zero attached hydrogens (tertiary/aromatic N) is 4. The number of hydrogen-bond donors (Lipinski definition) is 2. The van der Waals surface area contributed by atoms with E-state index >= 15 is 4.39 Å². The molecule has 2 unspecified atom stereocenters. The molecule has 2 bridgehead atoms. The maximum absolute atomic E-state index is 16.7. The van der Waals surface area contributed by atoms with Crippen LogP contribution in [0.4, 0.5) is 14.6 Å². The van der Waals surface area contributed by atoms with Crippen LogP contribution in [0.15, 0.2) is 24.3 Å². The van der Waals surface area contributed by atoms with Gasteiger partial charge in [0.1, 0.15) is 29.1 Å². The summed E-state index contributed by atoms with van der Waals surface area (Å²) in [5, 5.41) is 25.0. The van der Waals surface area contributed by atoms with Gasteiger partial charge < -0.3 is 20.1 Å². The number of piperazine rings is 1. The van der Waals surface area contributed by atoms with Gasteiger partial charge in [-0.05, 0) is 43.4 Å². The molecule has 2 aliphatic rings. The van der Waals surface area contributed by atoms with Gasteiger partial charge in [0.25, 0.3) is 0 Å². The topological polar surface area (TPSA) is 94.3 Å². The number of ether oxygens (including phenoxy) is 1. The number of methoxy groups -OCH3 is 1. The zero-order valence-corrected chi connectivity index (χ0v) is 20.8. The number of pyridine rings is 2. The van der Waals surface area contributed by atoms with E-state index in [9.17, 15) is 14.8 Å². The molecular formula is C29H23F2N5O2. The van der Waals surface area contributed by atoms with Crippen LogP contribution in [-0.4, -0.2) is 47.4 Å². The Labute approximate surface area is 217 Å². The van der Waals surface area contributed by atoms with E-state index in [4.69, 9.17) is 16.1 Å². The number of nitrogens with one attached hydrogen (secondary N) is 1. The lowest BCUT2D eigenvalue weighted by Gasteiger charge is -2.34. The summed E-state index contributed by atoms with van der Waals surface area (Å²) in [7, 11) is 1.41. The van der Waals surface area contributed by atoms with E-state index in [-0.39, 0.29) is 44.8 Å². The van der Waals surface area contributed by atoms with Gasteiger partial charge in [0.05, 0.1) is 29.3 Å². The molecule has 190 valence electrons. The third kappa shape index (κ3) is 3.51. The number of aryl methyl sites for hydroxylation is 1. The third-order valence-electron chi connectivity index (χ3n) is 7.49. The molecule has 38 heavy (non-hydrogen) atoms. The number of hydrogen-bond acceptors (Lipinski definition) is 7. The molecule has 9 heteroatoms. The maximum atomic E-state index is 16.7. The summed E-state index contributed by atoms with van der Waals surface area (Å²) in [4.78, 5) is 11.3. The van der Waals surface area contributed by atoms with Crippen molar-refractivity contribution >= 4 is 27.4 Å². The lowest BCUT2D eigenvalue weighted by molar-refractivity contribution is 0.402. The standard InChI is InChI=1S/C29H23F2N5O2/c1-4-19-22(30)8-5-15-9-18(37)10-20(23(15)19)27-26(31)24-21(11-32)14(2)33-28(25(24)29(35-27)38-3)36-12-16-6-7-17(13-36)34-16/h1,5,8-10,16-17,34,37H,6-7,12-13H2,2-3H3. The predicted octanol–water partition coefficient (Wildman–Crippen LogP) is 4.54. The molecular weight excluding hydrogens is 488 g/mol. The number of aromatic nitrogens is 2. The van der Waals surface area contributed by atoms with Gasteiger partial charge in [-0.2, -0.15) is 5.26 Å². The summed E-state index contributed by atoms with van der Waals surface area (Å²) in [6.07, 6.45) is 7.71. The van der Waals surface area contributed by atoms with Crippen LogP contribution >= 0.6 is 0 Å². The van der Waals surface area contributed by atoms with Crippen LogP contribution in [-0.2, 0) is 0 Å². The zero-order valence-electron chi connectivity index (χ0n) is 20.8. The lowest BCUT2D eigenvalue weighted by Crippen LogP contribution is -2.51. The number of terminal acetylenes is 1. The number of rotatable bonds is 3. The number of aromatic hydroxyl groups is 1. The van der Waals surface area contributed by atoms with Crippen molar-refractivity contribution in [1.29, 1.82) is 5.26 Å². The minimum atomic E-state index is -0.804. The van der Waals surface area contributed by atoms with Crippen molar-refractivity contribution in [2.75, 3.05) is 25.1 Å². The first-order valence-corrected chi connectivity index (χ1v) is 12.3. The molecule has 0 spiro atoms. The molecule has 2 saturated heterocycles. The van der Waals surface area contributed by atoms with Gasteiger partial charge in [0, 0.05) is 41.5 Å². The Bertz CT molecular complexity index is 1730. The van der Waals surface area contributed by atoms with Gasteiger partial charge in [-0.3, -0.25) is 0 Å². The summed E-state index contributed by atoms with van der Waals surface area (Å²) >= 11 is 0. The first kappa shape index (κ1) is 23.9. The van der Waals surface area contributed by atoms with Crippen LogP contribution in [0.25, 0.3) is 32.8 Å². The first-order chi connectivity index (χ1) is 18.3. The van der Waals surface area contributed by atoms with Gasteiger partial charge in [0.15, 0.2) is 5.82 Å². The summed E-state index contributed by atoms with van der Waals surface area (Å²) in [5.74, 6) is 1.27. The second kappa shape index (κ2) is 8.83. The van der Waals surface area contributed by atoms with Gasteiger partial charge in [-0.15, -0.1) is 6.42 Å².